The molecule has 1 heterocycles. The first kappa shape index (κ1) is 20.5. The van der Waals surface area contributed by atoms with Gasteiger partial charge in [0, 0.05) is 24.5 Å². The fraction of sp³-hybridized carbons (Fsp3) is 0.263. The maximum atomic E-state index is 12.8. The van der Waals surface area contributed by atoms with Gasteiger partial charge in [0.25, 0.3) is 11.6 Å². The maximum absolute atomic E-state index is 12.8. The van der Waals surface area contributed by atoms with E-state index in [0.29, 0.717) is 35.1 Å². The Hall–Kier alpha value is -3.27. The predicted octanol–water partition coefficient (Wildman–Crippen LogP) is 3.50. The Labute approximate surface area is 171 Å². The first-order chi connectivity index (χ1) is 13.9. The highest BCUT2D eigenvalue weighted by molar-refractivity contribution is 7.98. The second kappa shape index (κ2) is 8.82. The highest BCUT2D eigenvalue weighted by Crippen LogP contribution is 2.35. The molecule has 10 heteroatoms. The van der Waals surface area contributed by atoms with Crippen LogP contribution in [0.15, 0.2) is 41.3 Å². The van der Waals surface area contributed by atoms with Gasteiger partial charge in [-0.1, -0.05) is 6.07 Å². The summed E-state index contributed by atoms with van der Waals surface area (Å²) in [6.07, 6.45) is 2.61. The quantitative estimate of drug-likeness (QED) is 0.423. The van der Waals surface area contributed by atoms with E-state index < -0.39 is 10.8 Å². The number of nitro benzene ring substituents is 1. The van der Waals surface area contributed by atoms with Crippen LogP contribution >= 0.6 is 11.8 Å². The van der Waals surface area contributed by atoms with Gasteiger partial charge in [0.1, 0.15) is 11.3 Å². The third kappa shape index (κ3) is 4.43. The zero-order chi connectivity index (χ0) is 21.0. The normalized spacial score (nSPS) is 13.6. The molecule has 2 aromatic carbocycles. The third-order valence-corrected chi connectivity index (χ3v) is 5.20. The average molecular weight is 416 g/mol. The Morgan fingerprint density at radius 2 is 2.14 bits per heavy atom. The van der Waals surface area contributed by atoms with Crippen molar-refractivity contribution >= 4 is 40.8 Å². The van der Waals surface area contributed by atoms with Crippen LogP contribution in [0.4, 0.5) is 21.9 Å². The number of carbonyl (C=O) groups excluding carboxylic acids is 2. The fourth-order valence-corrected chi connectivity index (χ4v) is 3.61. The number of amides is 3. The third-order valence-electron chi connectivity index (χ3n) is 4.44. The molecule has 2 N–H and O–H groups in total. The molecule has 0 bridgehead atoms. The van der Waals surface area contributed by atoms with Crippen molar-refractivity contribution in [2.75, 3.05) is 36.7 Å². The van der Waals surface area contributed by atoms with Crippen molar-refractivity contribution in [1.82, 2.24) is 5.32 Å². The van der Waals surface area contributed by atoms with Gasteiger partial charge < -0.3 is 15.4 Å². The van der Waals surface area contributed by atoms with E-state index in [1.54, 1.807) is 35.4 Å². The van der Waals surface area contributed by atoms with Crippen molar-refractivity contribution in [3.63, 3.8) is 0 Å². The number of carbonyl (C=O) groups is 2. The molecule has 9 nitrogen and oxygen atoms in total. The Kier molecular flexibility index (Phi) is 6.23. The van der Waals surface area contributed by atoms with Crippen LogP contribution in [0.3, 0.4) is 0 Å². The number of anilines is 2. The first-order valence-corrected chi connectivity index (χ1v) is 10.0. The molecule has 0 aromatic heterocycles. The second-order valence-corrected chi connectivity index (χ2v) is 7.07. The van der Waals surface area contributed by atoms with Crippen molar-refractivity contribution < 1.29 is 19.2 Å². The topological polar surface area (TPSA) is 114 Å². The number of methoxy groups -OCH3 is 1. The lowest BCUT2D eigenvalue weighted by Crippen LogP contribution is -2.46. The molecule has 0 spiro atoms. The van der Waals surface area contributed by atoms with Gasteiger partial charge in [0.15, 0.2) is 0 Å². The van der Waals surface area contributed by atoms with Gasteiger partial charge in [0.2, 0.25) is 0 Å². The van der Waals surface area contributed by atoms with E-state index in [9.17, 15) is 19.7 Å². The van der Waals surface area contributed by atoms with E-state index in [1.165, 1.54) is 31.0 Å². The van der Waals surface area contributed by atoms with E-state index in [2.05, 4.69) is 10.6 Å². The van der Waals surface area contributed by atoms with Gasteiger partial charge in [-0.3, -0.25) is 19.8 Å². The molecule has 1 aliphatic heterocycles. The van der Waals surface area contributed by atoms with Crippen LogP contribution in [0.1, 0.15) is 16.8 Å². The van der Waals surface area contributed by atoms with Gasteiger partial charge in [-0.2, -0.15) is 0 Å². The molecule has 0 atom stereocenters. The number of nitro groups is 1. The molecule has 0 unspecified atom stereocenters. The summed E-state index contributed by atoms with van der Waals surface area (Å²) in [5.74, 6) is -0.284. The lowest BCUT2D eigenvalue weighted by molar-refractivity contribution is -0.385. The number of ether oxygens (including phenoxy) is 1. The van der Waals surface area contributed by atoms with Crippen molar-refractivity contribution in [1.29, 1.82) is 0 Å². The smallest absolute Gasteiger partial charge is 0.321 e. The number of nitrogens with zero attached hydrogens (tertiary/aromatic N) is 2. The lowest BCUT2D eigenvalue weighted by Gasteiger charge is -2.27. The highest BCUT2D eigenvalue weighted by Gasteiger charge is 2.25. The minimum absolute atomic E-state index is 0.0683. The molecular weight excluding hydrogens is 396 g/mol. The van der Waals surface area contributed by atoms with E-state index >= 15 is 0 Å². The second-order valence-electron chi connectivity index (χ2n) is 6.22. The number of benzene rings is 2. The summed E-state index contributed by atoms with van der Waals surface area (Å²) in [6, 6.07) is 9.29. The Morgan fingerprint density at radius 1 is 1.34 bits per heavy atom. The lowest BCUT2D eigenvalue weighted by atomic mass is 10.1. The summed E-state index contributed by atoms with van der Waals surface area (Å²) in [5.41, 5.74) is 0.653. The Bertz CT molecular complexity index is 966. The standard InChI is InChI=1S/C19H20N4O5S/c1-28-16-11-15(23(26)27)14(10-17(16)29-2)18(24)21-12-5-3-6-13(9-12)22-8-4-7-20-19(22)25/h3,5-6,9-11H,4,7-8H2,1-2H3,(H,20,25)(H,21,24). The van der Waals surface area contributed by atoms with Crippen LogP contribution in [0, 0.1) is 10.1 Å². The number of nitrogens with one attached hydrogen (secondary N) is 2. The summed E-state index contributed by atoms with van der Waals surface area (Å²) < 4.78 is 5.17. The SMILES string of the molecule is COc1cc([N+](=O)[O-])c(C(=O)Nc2cccc(N3CCCNC3=O)c2)cc1SC. The molecule has 2 aromatic rings. The van der Waals surface area contributed by atoms with Crippen molar-refractivity contribution in [3.05, 3.63) is 52.1 Å². The Balaban J connectivity index is 1.89. The zero-order valence-electron chi connectivity index (χ0n) is 15.9. The van der Waals surface area contributed by atoms with Crippen LogP contribution in [0.5, 0.6) is 5.75 Å². The van der Waals surface area contributed by atoms with Gasteiger partial charge >= 0.3 is 6.03 Å². The van der Waals surface area contributed by atoms with E-state index in [-0.39, 0.29) is 17.3 Å². The largest absolute Gasteiger partial charge is 0.495 e. The van der Waals surface area contributed by atoms with Gasteiger partial charge in [-0.25, -0.2) is 4.79 Å². The Morgan fingerprint density at radius 3 is 2.79 bits per heavy atom. The van der Waals surface area contributed by atoms with Crippen molar-refractivity contribution in [3.8, 4) is 5.75 Å². The van der Waals surface area contributed by atoms with Gasteiger partial charge in [-0.15, -0.1) is 11.8 Å². The van der Waals surface area contributed by atoms with Crippen molar-refractivity contribution in [2.45, 2.75) is 11.3 Å². The molecule has 3 amide bonds. The van der Waals surface area contributed by atoms with Crippen LogP contribution in [0.25, 0.3) is 0 Å². The minimum atomic E-state index is -0.616. The number of rotatable bonds is 6. The van der Waals surface area contributed by atoms with E-state index in [1.807, 2.05) is 0 Å². The number of thioether (sulfide) groups is 1. The molecule has 0 radical (unpaired) electrons. The number of urea groups is 1. The minimum Gasteiger partial charge on any atom is -0.495 e. The van der Waals surface area contributed by atoms with Crippen molar-refractivity contribution in [2.24, 2.45) is 0 Å². The number of hydrogen-bond donors (Lipinski definition) is 2. The summed E-state index contributed by atoms with van der Waals surface area (Å²) in [7, 11) is 1.42. The molecule has 1 aliphatic rings. The summed E-state index contributed by atoms with van der Waals surface area (Å²) in [4.78, 5) is 37.9. The first-order valence-electron chi connectivity index (χ1n) is 8.81. The van der Waals surface area contributed by atoms with Crippen LogP contribution in [-0.2, 0) is 0 Å². The molecule has 1 fully saturated rings. The van der Waals surface area contributed by atoms with E-state index in [0.717, 1.165) is 6.42 Å². The molecule has 1 saturated heterocycles. The molecule has 0 saturated carbocycles. The predicted molar refractivity (Wildman–Crippen MR) is 111 cm³/mol. The molecule has 152 valence electrons. The average Bonchev–Trinajstić information content (AvgIpc) is 2.73. The summed E-state index contributed by atoms with van der Waals surface area (Å²) >= 11 is 1.32. The molecular formula is C19H20N4O5S. The van der Waals surface area contributed by atoms with Crippen LogP contribution in [0.2, 0.25) is 0 Å². The summed E-state index contributed by atoms with van der Waals surface area (Å²) in [5, 5.41) is 16.9. The number of hydrogen-bond acceptors (Lipinski definition) is 6. The fourth-order valence-electron chi connectivity index (χ4n) is 3.03. The van der Waals surface area contributed by atoms with Crippen LogP contribution < -0.4 is 20.3 Å². The monoisotopic (exact) mass is 416 g/mol. The molecule has 0 aliphatic carbocycles. The van der Waals surface area contributed by atoms with Gasteiger partial charge in [0.05, 0.1) is 23.0 Å². The van der Waals surface area contributed by atoms with Crippen LogP contribution in [-0.4, -0.2) is 43.3 Å². The summed E-state index contributed by atoms with van der Waals surface area (Å²) in [6.45, 7) is 1.20. The maximum Gasteiger partial charge on any atom is 0.321 e. The molecule has 3 rings (SSSR count). The molecule has 29 heavy (non-hydrogen) atoms. The van der Waals surface area contributed by atoms with Gasteiger partial charge in [-0.05, 0) is 36.9 Å². The zero-order valence-corrected chi connectivity index (χ0v) is 16.7. The van der Waals surface area contributed by atoms with E-state index in [4.69, 9.17) is 4.74 Å². The highest BCUT2D eigenvalue weighted by atomic mass is 32.2.